The van der Waals surface area contributed by atoms with Gasteiger partial charge >= 0.3 is 0 Å². The third-order valence-electron chi connectivity index (χ3n) is 3.85. The molecule has 0 fully saturated rings. The van der Waals surface area contributed by atoms with Gasteiger partial charge < -0.3 is 10.6 Å². The fourth-order valence-electron chi connectivity index (χ4n) is 2.26. The number of hydrogen-bond acceptors (Lipinski definition) is 4. The summed E-state index contributed by atoms with van der Waals surface area (Å²) in [5.41, 5.74) is 3.38. The van der Waals surface area contributed by atoms with E-state index in [4.69, 9.17) is 0 Å². The summed E-state index contributed by atoms with van der Waals surface area (Å²) in [6.45, 7) is 4.04. The fourth-order valence-corrected chi connectivity index (χ4v) is 2.26. The number of hydrogen-bond donors (Lipinski definition) is 2. The second-order valence-electron chi connectivity index (χ2n) is 5.81. The third-order valence-corrected chi connectivity index (χ3v) is 3.85. The summed E-state index contributed by atoms with van der Waals surface area (Å²) in [6.07, 6.45) is 0. The van der Waals surface area contributed by atoms with Crippen molar-refractivity contribution in [2.24, 2.45) is 0 Å². The van der Waals surface area contributed by atoms with Gasteiger partial charge in [-0.1, -0.05) is 6.07 Å². The number of rotatable bonds is 4. The van der Waals surface area contributed by atoms with Gasteiger partial charge in [-0.05, 0) is 61.4 Å². The van der Waals surface area contributed by atoms with Gasteiger partial charge in [0.1, 0.15) is 0 Å². The molecule has 26 heavy (non-hydrogen) atoms. The first-order valence-electron chi connectivity index (χ1n) is 7.87. The molecule has 5 nitrogen and oxygen atoms in total. The van der Waals surface area contributed by atoms with Crippen LogP contribution in [0.5, 0.6) is 0 Å². The number of aryl methyl sites for hydroxylation is 2. The largest absolute Gasteiger partial charge is 0.339 e. The number of amides is 1. The molecule has 0 aliphatic rings. The molecule has 0 unspecified atom stereocenters. The molecule has 0 spiro atoms. The quantitative estimate of drug-likeness (QED) is 0.730. The Morgan fingerprint density at radius 3 is 2.27 bits per heavy atom. The number of nitrogens with zero attached hydrogens (tertiary/aromatic N) is 2. The highest BCUT2D eigenvalue weighted by Crippen LogP contribution is 2.18. The van der Waals surface area contributed by atoms with E-state index in [1.807, 2.05) is 32.0 Å². The Bertz CT molecular complexity index is 958. The van der Waals surface area contributed by atoms with Gasteiger partial charge in [-0.25, -0.2) is 8.78 Å². The van der Waals surface area contributed by atoms with E-state index < -0.39 is 17.5 Å². The van der Waals surface area contributed by atoms with Gasteiger partial charge in [-0.2, -0.15) is 0 Å². The van der Waals surface area contributed by atoms with Crippen molar-refractivity contribution in [1.29, 1.82) is 0 Å². The molecule has 2 N–H and O–H groups in total. The molecule has 2 aromatic carbocycles. The first kappa shape index (κ1) is 17.5. The molecule has 0 saturated carbocycles. The molecule has 0 bridgehead atoms. The number of anilines is 3. The maximum atomic E-state index is 13.2. The summed E-state index contributed by atoms with van der Waals surface area (Å²) >= 11 is 0. The topological polar surface area (TPSA) is 66.9 Å². The standard InChI is InChI=1S/C19H16F2N4O/c1-11-3-4-13(9-12(11)2)22-18-8-7-17(24-25-18)19(26)23-14-5-6-15(20)16(21)10-14/h3-10H,1-2H3,(H,22,25)(H,23,26). The molecule has 1 heterocycles. The minimum atomic E-state index is -1.04. The van der Waals surface area contributed by atoms with Gasteiger partial charge in [-0.3, -0.25) is 4.79 Å². The van der Waals surface area contributed by atoms with E-state index in [2.05, 4.69) is 20.8 Å². The van der Waals surface area contributed by atoms with Crippen molar-refractivity contribution < 1.29 is 13.6 Å². The molecule has 0 atom stereocenters. The Morgan fingerprint density at radius 1 is 0.846 bits per heavy atom. The Hall–Kier alpha value is -3.35. The van der Waals surface area contributed by atoms with Crippen molar-refractivity contribution in [2.75, 3.05) is 10.6 Å². The summed E-state index contributed by atoms with van der Waals surface area (Å²) in [4.78, 5) is 12.1. The van der Waals surface area contributed by atoms with Crippen molar-refractivity contribution >= 4 is 23.1 Å². The molecule has 132 valence electrons. The number of benzene rings is 2. The van der Waals surface area contributed by atoms with E-state index in [1.54, 1.807) is 6.07 Å². The molecule has 0 saturated heterocycles. The predicted molar refractivity (Wildman–Crippen MR) is 95.5 cm³/mol. The van der Waals surface area contributed by atoms with Crippen LogP contribution >= 0.6 is 0 Å². The number of halogens is 2. The lowest BCUT2D eigenvalue weighted by Crippen LogP contribution is -2.14. The lowest BCUT2D eigenvalue weighted by molar-refractivity contribution is 0.102. The van der Waals surface area contributed by atoms with E-state index in [-0.39, 0.29) is 11.4 Å². The SMILES string of the molecule is Cc1ccc(Nc2ccc(C(=O)Nc3ccc(F)c(F)c3)nn2)cc1C. The predicted octanol–water partition coefficient (Wildman–Crippen LogP) is 4.37. The van der Waals surface area contributed by atoms with Crippen LogP contribution in [-0.4, -0.2) is 16.1 Å². The monoisotopic (exact) mass is 354 g/mol. The molecular weight excluding hydrogens is 338 g/mol. The van der Waals surface area contributed by atoms with Crippen LogP contribution in [0.15, 0.2) is 48.5 Å². The van der Waals surface area contributed by atoms with Gasteiger partial charge in [0.25, 0.3) is 5.91 Å². The van der Waals surface area contributed by atoms with Gasteiger partial charge in [0.05, 0.1) is 0 Å². The number of aromatic nitrogens is 2. The molecule has 0 aliphatic heterocycles. The fraction of sp³-hybridized carbons (Fsp3) is 0.105. The molecule has 7 heteroatoms. The lowest BCUT2D eigenvalue weighted by atomic mass is 10.1. The Labute approximate surface area is 149 Å². The van der Waals surface area contributed by atoms with E-state index in [0.29, 0.717) is 5.82 Å². The Morgan fingerprint density at radius 2 is 1.62 bits per heavy atom. The van der Waals surface area contributed by atoms with Crippen LogP contribution in [0.1, 0.15) is 21.6 Å². The average Bonchev–Trinajstić information content (AvgIpc) is 2.62. The molecule has 3 aromatic rings. The molecule has 3 rings (SSSR count). The van der Waals surface area contributed by atoms with Crippen LogP contribution in [-0.2, 0) is 0 Å². The Kier molecular flexibility index (Phi) is 4.88. The zero-order valence-corrected chi connectivity index (χ0v) is 14.2. The summed E-state index contributed by atoms with van der Waals surface area (Å²) in [5, 5.41) is 13.4. The van der Waals surface area contributed by atoms with Crippen molar-refractivity contribution in [3.05, 3.63) is 77.0 Å². The molecule has 1 amide bonds. The molecule has 1 aromatic heterocycles. The normalized spacial score (nSPS) is 10.5. The minimum absolute atomic E-state index is 0.0559. The second-order valence-corrected chi connectivity index (χ2v) is 5.81. The van der Waals surface area contributed by atoms with E-state index >= 15 is 0 Å². The highest BCUT2D eigenvalue weighted by Gasteiger charge is 2.11. The summed E-state index contributed by atoms with van der Waals surface area (Å²) < 4.78 is 26.1. The smallest absolute Gasteiger partial charge is 0.276 e. The zero-order chi connectivity index (χ0) is 18.7. The van der Waals surface area contributed by atoms with Crippen LogP contribution in [0, 0.1) is 25.5 Å². The van der Waals surface area contributed by atoms with Crippen LogP contribution in [0.4, 0.5) is 26.0 Å². The van der Waals surface area contributed by atoms with Crippen molar-refractivity contribution in [3.63, 3.8) is 0 Å². The number of nitrogens with one attached hydrogen (secondary N) is 2. The van der Waals surface area contributed by atoms with Crippen molar-refractivity contribution in [3.8, 4) is 0 Å². The lowest BCUT2D eigenvalue weighted by Gasteiger charge is -2.08. The maximum absolute atomic E-state index is 13.2. The van der Waals surface area contributed by atoms with Gasteiger partial charge in [-0.15, -0.1) is 10.2 Å². The van der Waals surface area contributed by atoms with E-state index in [1.165, 1.54) is 17.7 Å². The number of carbonyl (C=O) groups excluding carboxylic acids is 1. The van der Waals surface area contributed by atoms with Crippen LogP contribution < -0.4 is 10.6 Å². The summed E-state index contributed by atoms with van der Waals surface area (Å²) in [7, 11) is 0. The van der Waals surface area contributed by atoms with E-state index in [0.717, 1.165) is 23.4 Å². The van der Waals surface area contributed by atoms with Gasteiger partial charge in [0.2, 0.25) is 0 Å². The second kappa shape index (κ2) is 7.26. The summed E-state index contributed by atoms with van der Waals surface area (Å²) in [5.74, 6) is -2.11. The molecular formula is C19H16F2N4O. The van der Waals surface area contributed by atoms with Gasteiger partial charge in [0.15, 0.2) is 23.1 Å². The third kappa shape index (κ3) is 4.00. The molecule has 0 aliphatic carbocycles. The first-order valence-corrected chi connectivity index (χ1v) is 7.87. The van der Waals surface area contributed by atoms with Crippen LogP contribution in [0.3, 0.4) is 0 Å². The summed E-state index contributed by atoms with van der Waals surface area (Å²) in [6, 6.07) is 12.1. The maximum Gasteiger partial charge on any atom is 0.276 e. The minimum Gasteiger partial charge on any atom is -0.339 e. The highest BCUT2D eigenvalue weighted by molar-refractivity contribution is 6.02. The van der Waals surface area contributed by atoms with Gasteiger partial charge in [0, 0.05) is 17.4 Å². The average molecular weight is 354 g/mol. The van der Waals surface area contributed by atoms with Crippen molar-refractivity contribution in [2.45, 2.75) is 13.8 Å². The highest BCUT2D eigenvalue weighted by atomic mass is 19.2. The number of carbonyl (C=O) groups is 1. The van der Waals surface area contributed by atoms with Crippen molar-refractivity contribution in [1.82, 2.24) is 10.2 Å². The van der Waals surface area contributed by atoms with Crippen LogP contribution in [0.2, 0.25) is 0 Å². The zero-order valence-electron chi connectivity index (χ0n) is 14.2. The van der Waals surface area contributed by atoms with Crippen LogP contribution in [0.25, 0.3) is 0 Å². The molecule has 0 radical (unpaired) electrons. The first-order chi connectivity index (χ1) is 12.4. The van der Waals surface area contributed by atoms with E-state index in [9.17, 15) is 13.6 Å². The Balaban J connectivity index is 1.69.